The minimum absolute atomic E-state index is 0.0103. The van der Waals surface area contributed by atoms with Gasteiger partial charge in [-0.15, -0.1) is 11.8 Å². The van der Waals surface area contributed by atoms with Gasteiger partial charge in [-0.1, -0.05) is 0 Å². The van der Waals surface area contributed by atoms with E-state index in [0.717, 1.165) is 23.9 Å². The molecule has 3 nitrogen and oxygen atoms in total. The molecule has 1 amide bonds. The van der Waals surface area contributed by atoms with E-state index in [1.807, 2.05) is 13.8 Å². The first-order valence-electron chi connectivity index (χ1n) is 5.84. The summed E-state index contributed by atoms with van der Waals surface area (Å²) in [5.74, 6) is -1.93. The highest BCUT2D eigenvalue weighted by atomic mass is 32.2. The number of hydrogen-bond donors (Lipinski definition) is 2. The van der Waals surface area contributed by atoms with E-state index < -0.39 is 17.2 Å². The molecule has 0 saturated carbocycles. The van der Waals surface area contributed by atoms with Crippen molar-refractivity contribution < 1.29 is 18.7 Å². The molecule has 1 rings (SSSR count). The van der Waals surface area contributed by atoms with Crippen molar-refractivity contribution in [1.82, 2.24) is 5.32 Å². The van der Waals surface area contributed by atoms with Crippen molar-refractivity contribution in [3.8, 4) is 0 Å². The smallest absolute Gasteiger partial charge is 0.230 e. The van der Waals surface area contributed by atoms with Crippen LogP contribution >= 0.6 is 11.8 Å². The molecule has 0 atom stereocenters. The van der Waals surface area contributed by atoms with Crippen LogP contribution in [0.3, 0.4) is 0 Å². The molecule has 0 unspecified atom stereocenters. The normalized spacial score (nSPS) is 11.4. The lowest BCUT2D eigenvalue weighted by atomic mass is 10.0. The van der Waals surface area contributed by atoms with Gasteiger partial charge in [0.1, 0.15) is 0 Å². The molecule has 0 aliphatic rings. The standard InChI is InChI=1S/C13H17F2NO2S/c1-13(2,5-6-17)16-12(18)8-19-9-3-4-10(14)11(15)7-9/h3-4,7,17H,5-6,8H2,1-2H3,(H,16,18). The van der Waals surface area contributed by atoms with E-state index >= 15 is 0 Å². The van der Waals surface area contributed by atoms with Crippen molar-refractivity contribution in [2.45, 2.75) is 30.7 Å². The maximum Gasteiger partial charge on any atom is 0.230 e. The highest BCUT2D eigenvalue weighted by molar-refractivity contribution is 8.00. The number of amides is 1. The number of aliphatic hydroxyl groups excluding tert-OH is 1. The number of hydrogen-bond acceptors (Lipinski definition) is 3. The quantitative estimate of drug-likeness (QED) is 0.790. The summed E-state index contributed by atoms with van der Waals surface area (Å²) < 4.78 is 25.7. The zero-order chi connectivity index (χ0) is 14.5. The highest BCUT2D eigenvalue weighted by Gasteiger charge is 2.19. The Kier molecular flexibility index (Phi) is 5.75. The van der Waals surface area contributed by atoms with Crippen LogP contribution in [-0.2, 0) is 4.79 Å². The molecule has 0 bridgehead atoms. The second-order valence-corrected chi connectivity index (χ2v) is 5.82. The van der Waals surface area contributed by atoms with Gasteiger partial charge in [-0.3, -0.25) is 4.79 Å². The minimum Gasteiger partial charge on any atom is -0.396 e. The first-order chi connectivity index (χ1) is 8.84. The van der Waals surface area contributed by atoms with Gasteiger partial charge in [0, 0.05) is 17.0 Å². The largest absolute Gasteiger partial charge is 0.396 e. The Morgan fingerprint density at radius 2 is 2.05 bits per heavy atom. The van der Waals surface area contributed by atoms with Crippen LogP contribution < -0.4 is 5.32 Å². The first-order valence-corrected chi connectivity index (χ1v) is 6.82. The third-order valence-corrected chi connectivity index (χ3v) is 3.47. The number of nitrogens with one attached hydrogen (secondary N) is 1. The maximum absolute atomic E-state index is 13.0. The lowest BCUT2D eigenvalue weighted by Crippen LogP contribution is -2.44. The molecule has 0 fully saturated rings. The molecule has 0 saturated heterocycles. The number of carbonyl (C=O) groups excluding carboxylic acids is 1. The summed E-state index contributed by atoms with van der Waals surface area (Å²) >= 11 is 1.13. The topological polar surface area (TPSA) is 49.3 Å². The van der Waals surface area contributed by atoms with Gasteiger partial charge in [-0.25, -0.2) is 8.78 Å². The van der Waals surface area contributed by atoms with Crippen molar-refractivity contribution in [2.75, 3.05) is 12.4 Å². The third-order valence-electron chi connectivity index (χ3n) is 2.48. The Morgan fingerprint density at radius 3 is 2.63 bits per heavy atom. The maximum atomic E-state index is 13.0. The molecule has 19 heavy (non-hydrogen) atoms. The molecule has 1 aromatic carbocycles. The second kappa shape index (κ2) is 6.86. The van der Waals surface area contributed by atoms with Crippen LogP contribution in [0.25, 0.3) is 0 Å². The van der Waals surface area contributed by atoms with Gasteiger partial charge in [-0.05, 0) is 38.5 Å². The van der Waals surface area contributed by atoms with E-state index in [9.17, 15) is 13.6 Å². The van der Waals surface area contributed by atoms with Gasteiger partial charge < -0.3 is 10.4 Å². The number of aliphatic hydroxyl groups is 1. The van der Waals surface area contributed by atoms with Gasteiger partial charge in [0.15, 0.2) is 11.6 Å². The fourth-order valence-electron chi connectivity index (χ4n) is 1.47. The number of benzene rings is 1. The molecule has 6 heteroatoms. The van der Waals surface area contributed by atoms with E-state index in [4.69, 9.17) is 5.11 Å². The van der Waals surface area contributed by atoms with Crippen LogP contribution in [0.15, 0.2) is 23.1 Å². The fourth-order valence-corrected chi connectivity index (χ4v) is 2.19. The highest BCUT2D eigenvalue weighted by Crippen LogP contribution is 2.20. The molecular weight excluding hydrogens is 272 g/mol. The van der Waals surface area contributed by atoms with Crippen molar-refractivity contribution in [3.63, 3.8) is 0 Å². The van der Waals surface area contributed by atoms with Crippen LogP contribution in [0.5, 0.6) is 0 Å². The average molecular weight is 289 g/mol. The summed E-state index contributed by atoms with van der Waals surface area (Å²) in [5.41, 5.74) is -0.486. The summed E-state index contributed by atoms with van der Waals surface area (Å²) in [6.45, 7) is 3.61. The van der Waals surface area contributed by atoms with Crippen LogP contribution in [0.1, 0.15) is 20.3 Å². The van der Waals surface area contributed by atoms with Gasteiger partial charge in [0.05, 0.1) is 5.75 Å². The predicted octanol–water partition coefficient (Wildman–Crippen LogP) is 2.33. The molecule has 0 radical (unpaired) electrons. The first kappa shape index (κ1) is 15.9. The number of rotatable bonds is 6. The molecule has 0 spiro atoms. The lowest BCUT2D eigenvalue weighted by molar-refractivity contribution is -0.120. The summed E-state index contributed by atoms with van der Waals surface area (Å²) in [7, 11) is 0. The van der Waals surface area contributed by atoms with Crippen LogP contribution in [0.4, 0.5) is 8.78 Å². The van der Waals surface area contributed by atoms with E-state index in [-0.39, 0.29) is 18.3 Å². The number of halogens is 2. The summed E-state index contributed by atoms with van der Waals surface area (Å²) in [4.78, 5) is 12.2. The average Bonchev–Trinajstić information content (AvgIpc) is 2.30. The molecule has 0 aliphatic heterocycles. The Bertz CT molecular complexity index is 452. The summed E-state index contributed by atoms with van der Waals surface area (Å²) in [5, 5.41) is 11.6. The fraction of sp³-hybridized carbons (Fsp3) is 0.462. The molecule has 106 valence electrons. The number of thioether (sulfide) groups is 1. The molecule has 0 aromatic heterocycles. The predicted molar refractivity (Wildman–Crippen MR) is 71.0 cm³/mol. The van der Waals surface area contributed by atoms with Crippen LogP contribution in [0.2, 0.25) is 0 Å². The van der Waals surface area contributed by atoms with Crippen molar-refractivity contribution >= 4 is 17.7 Å². The van der Waals surface area contributed by atoms with Crippen LogP contribution in [0, 0.1) is 11.6 Å². The van der Waals surface area contributed by atoms with Gasteiger partial charge in [-0.2, -0.15) is 0 Å². The molecule has 1 aromatic rings. The Morgan fingerprint density at radius 1 is 1.37 bits per heavy atom. The Balaban J connectivity index is 2.48. The van der Waals surface area contributed by atoms with Crippen molar-refractivity contribution in [3.05, 3.63) is 29.8 Å². The summed E-state index contributed by atoms with van der Waals surface area (Å²) in [6.07, 6.45) is 0.453. The lowest BCUT2D eigenvalue weighted by Gasteiger charge is -2.25. The van der Waals surface area contributed by atoms with E-state index in [0.29, 0.717) is 11.3 Å². The van der Waals surface area contributed by atoms with E-state index in [1.54, 1.807) is 0 Å². The van der Waals surface area contributed by atoms with Gasteiger partial charge in [0.2, 0.25) is 5.91 Å². The van der Waals surface area contributed by atoms with E-state index in [2.05, 4.69) is 5.32 Å². The second-order valence-electron chi connectivity index (χ2n) is 4.77. The van der Waals surface area contributed by atoms with E-state index in [1.165, 1.54) is 6.07 Å². The number of carbonyl (C=O) groups is 1. The monoisotopic (exact) mass is 289 g/mol. The van der Waals surface area contributed by atoms with Crippen LogP contribution in [-0.4, -0.2) is 28.9 Å². The molecule has 0 aliphatic carbocycles. The zero-order valence-corrected chi connectivity index (χ0v) is 11.7. The SMILES string of the molecule is CC(C)(CCO)NC(=O)CSc1ccc(F)c(F)c1. The minimum atomic E-state index is -0.925. The van der Waals surface area contributed by atoms with Gasteiger partial charge >= 0.3 is 0 Å². The Hall–Kier alpha value is -1.14. The molecule has 0 heterocycles. The molecule has 2 N–H and O–H groups in total. The van der Waals surface area contributed by atoms with Crippen molar-refractivity contribution in [1.29, 1.82) is 0 Å². The summed E-state index contributed by atoms with van der Waals surface area (Å²) in [6, 6.07) is 3.52. The Labute approximate surface area is 115 Å². The third kappa shape index (κ3) is 5.57. The van der Waals surface area contributed by atoms with Crippen molar-refractivity contribution in [2.24, 2.45) is 0 Å². The molecular formula is C13H17F2NO2S. The zero-order valence-electron chi connectivity index (χ0n) is 10.9. The van der Waals surface area contributed by atoms with Gasteiger partial charge in [0.25, 0.3) is 0 Å².